The highest BCUT2D eigenvalue weighted by Crippen LogP contribution is 2.32. The van der Waals surface area contributed by atoms with E-state index in [4.69, 9.17) is 4.74 Å². The molecule has 0 bridgehead atoms. The van der Waals surface area contributed by atoms with Crippen molar-refractivity contribution in [2.24, 2.45) is 5.92 Å². The number of amides is 2. The highest BCUT2D eigenvalue weighted by molar-refractivity contribution is 5.98. The zero-order chi connectivity index (χ0) is 19.2. The Hall–Kier alpha value is -2.83. The summed E-state index contributed by atoms with van der Waals surface area (Å²) in [5, 5.41) is 3.88. The fraction of sp³-hybridized carbons (Fsp3) is 0.450. The number of aromatic amines is 1. The van der Waals surface area contributed by atoms with E-state index in [2.05, 4.69) is 15.3 Å². The van der Waals surface area contributed by atoms with Gasteiger partial charge < -0.3 is 19.9 Å². The van der Waals surface area contributed by atoms with E-state index in [1.54, 1.807) is 4.90 Å². The normalized spacial score (nSPS) is 17.1. The van der Waals surface area contributed by atoms with Crippen LogP contribution in [0.1, 0.15) is 39.2 Å². The summed E-state index contributed by atoms with van der Waals surface area (Å²) in [7, 11) is 0. The van der Waals surface area contributed by atoms with Crippen LogP contribution in [0.5, 0.6) is 0 Å². The number of hydrogen-bond acceptors (Lipinski definition) is 4. The third-order valence-electron chi connectivity index (χ3n) is 4.64. The van der Waals surface area contributed by atoms with Crippen molar-refractivity contribution in [2.45, 2.75) is 39.2 Å². The maximum absolute atomic E-state index is 12.3. The molecule has 1 saturated carbocycles. The van der Waals surface area contributed by atoms with Crippen LogP contribution in [0.3, 0.4) is 0 Å². The maximum Gasteiger partial charge on any atom is 0.410 e. The molecule has 0 saturated heterocycles. The zero-order valence-corrected chi connectivity index (χ0v) is 15.8. The highest BCUT2D eigenvalue weighted by Gasteiger charge is 2.30. The predicted octanol–water partition coefficient (Wildman–Crippen LogP) is 3.55. The molecule has 2 aromatic heterocycles. The van der Waals surface area contributed by atoms with Gasteiger partial charge in [0, 0.05) is 30.6 Å². The molecule has 4 rings (SSSR count). The first kappa shape index (κ1) is 17.6. The van der Waals surface area contributed by atoms with Gasteiger partial charge in [0.2, 0.25) is 5.91 Å². The minimum absolute atomic E-state index is 0.0233. The quantitative estimate of drug-likeness (QED) is 0.867. The zero-order valence-electron chi connectivity index (χ0n) is 15.8. The Labute approximate surface area is 157 Å². The fourth-order valence-electron chi connectivity index (χ4n) is 3.16. The van der Waals surface area contributed by atoms with Crippen molar-refractivity contribution >= 4 is 34.4 Å². The van der Waals surface area contributed by atoms with Crippen LogP contribution in [0.4, 0.5) is 10.6 Å². The van der Waals surface area contributed by atoms with Crippen molar-refractivity contribution in [2.75, 3.05) is 18.4 Å². The second-order valence-electron chi connectivity index (χ2n) is 8.15. The standard InChI is InChI=1S/C20H24N4O3/c1-20(2,3)27-19(26)24-9-7-13(11-24)15-10-16(23-18(25)12-4-5-12)22-17-14(15)6-8-21-17/h6-8,10,12H,4-5,9,11H2,1-3H3,(H2,21,22,23,25). The third kappa shape index (κ3) is 3.82. The van der Waals surface area contributed by atoms with Gasteiger partial charge in [-0.3, -0.25) is 4.79 Å². The highest BCUT2D eigenvalue weighted by atomic mass is 16.6. The van der Waals surface area contributed by atoms with Gasteiger partial charge in [0.15, 0.2) is 0 Å². The number of hydrogen-bond donors (Lipinski definition) is 2. The SMILES string of the molecule is CC(C)(C)OC(=O)N1CC=C(c2cc(NC(=O)C3CC3)nc3[nH]ccc23)C1. The number of carbonyl (C=O) groups is 2. The molecule has 2 aromatic rings. The molecular weight excluding hydrogens is 344 g/mol. The average molecular weight is 368 g/mol. The molecule has 1 aliphatic heterocycles. The van der Waals surface area contributed by atoms with Crippen LogP contribution in [0.15, 0.2) is 24.4 Å². The van der Waals surface area contributed by atoms with E-state index in [1.807, 2.05) is 45.2 Å². The number of nitrogens with zero attached hydrogens (tertiary/aromatic N) is 2. The van der Waals surface area contributed by atoms with Gasteiger partial charge in [-0.15, -0.1) is 0 Å². The summed E-state index contributed by atoms with van der Waals surface area (Å²) in [6, 6.07) is 3.85. The van der Waals surface area contributed by atoms with Crippen LogP contribution in [-0.2, 0) is 9.53 Å². The fourth-order valence-corrected chi connectivity index (χ4v) is 3.16. The number of carbonyl (C=O) groups excluding carboxylic acids is 2. The van der Waals surface area contributed by atoms with Crippen molar-refractivity contribution < 1.29 is 14.3 Å². The Morgan fingerprint density at radius 2 is 2.11 bits per heavy atom. The first-order chi connectivity index (χ1) is 12.8. The number of anilines is 1. The Balaban J connectivity index is 1.57. The second kappa shape index (κ2) is 6.40. The number of aromatic nitrogens is 2. The molecule has 0 unspecified atom stereocenters. The molecule has 1 fully saturated rings. The molecule has 2 amide bonds. The summed E-state index contributed by atoms with van der Waals surface area (Å²) in [6.07, 6.45) is 5.42. The number of fused-ring (bicyclic) bond motifs is 1. The van der Waals surface area contributed by atoms with Crippen molar-refractivity contribution in [3.05, 3.63) is 30.0 Å². The smallest absolute Gasteiger partial charge is 0.410 e. The van der Waals surface area contributed by atoms with Crippen molar-refractivity contribution in [3.63, 3.8) is 0 Å². The van der Waals surface area contributed by atoms with E-state index in [-0.39, 0.29) is 17.9 Å². The molecular formula is C20H24N4O3. The van der Waals surface area contributed by atoms with Crippen LogP contribution >= 0.6 is 0 Å². The molecule has 142 valence electrons. The van der Waals surface area contributed by atoms with Crippen LogP contribution < -0.4 is 5.32 Å². The molecule has 2 aliphatic rings. The van der Waals surface area contributed by atoms with Gasteiger partial charge in [0.1, 0.15) is 17.1 Å². The Morgan fingerprint density at radius 3 is 2.81 bits per heavy atom. The Bertz CT molecular complexity index is 934. The number of ether oxygens (including phenoxy) is 1. The van der Waals surface area contributed by atoms with Gasteiger partial charge in [-0.05, 0) is 56.9 Å². The first-order valence-electron chi connectivity index (χ1n) is 9.26. The summed E-state index contributed by atoms with van der Waals surface area (Å²) in [5.41, 5.74) is 2.19. The molecule has 2 N–H and O–H groups in total. The monoisotopic (exact) mass is 368 g/mol. The lowest BCUT2D eigenvalue weighted by atomic mass is 10.0. The van der Waals surface area contributed by atoms with E-state index in [9.17, 15) is 9.59 Å². The van der Waals surface area contributed by atoms with Gasteiger partial charge in [-0.1, -0.05) is 6.08 Å². The van der Waals surface area contributed by atoms with Gasteiger partial charge >= 0.3 is 6.09 Å². The van der Waals surface area contributed by atoms with Crippen molar-refractivity contribution in [3.8, 4) is 0 Å². The minimum Gasteiger partial charge on any atom is -0.444 e. The Morgan fingerprint density at radius 1 is 1.33 bits per heavy atom. The van der Waals surface area contributed by atoms with Crippen LogP contribution in [0, 0.1) is 5.92 Å². The topological polar surface area (TPSA) is 87.3 Å². The van der Waals surface area contributed by atoms with E-state index in [0.29, 0.717) is 18.9 Å². The molecule has 27 heavy (non-hydrogen) atoms. The molecule has 0 aromatic carbocycles. The van der Waals surface area contributed by atoms with Gasteiger partial charge in [-0.2, -0.15) is 0 Å². The van der Waals surface area contributed by atoms with E-state index in [1.165, 1.54) is 0 Å². The lowest BCUT2D eigenvalue weighted by Crippen LogP contribution is -2.35. The average Bonchev–Trinajstić information content (AvgIpc) is 3.13. The molecule has 1 aliphatic carbocycles. The van der Waals surface area contributed by atoms with Crippen LogP contribution in [0.2, 0.25) is 0 Å². The molecule has 7 heteroatoms. The minimum atomic E-state index is -0.523. The molecule has 3 heterocycles. The first-order valence-corrected chi connectivity index (χ1v) is 9.26. The summed E-state index contributed by atoms with van der Waals surface area (Å²) < 4.78 is 5.47. The Kier molecular flexibility index (Phi) is 4.17. The maximum atomic E-state index is 12.3. The van der Waals surface area contributed by atoms with Crippen LogP contribution in [-0.4, -0.2) is 45.6 Å². The predicted molar refractivity (Wildman–Crippen MR) is 103 cm³/mol. The van der Waals surface area contributed by atoms with E-state index in [0.717, 1.165) is 35.0 Å². The molecule has 7 nitrogen and oxygen atoms in total. The number of H-pyrrole nitrogens is 1. The third-order valence-corrected chi connectivity index (χ3v) is 4.64. The van der Waals surface area contributed by atoms with Crippen molar-refractivity contribution in [1.29, 1.82) is 0 Å². The summed E-state index contributed by atoms with van der Waals surface area (Å²) in [5.74, 6) is 0.673. The van der Waals surface area contributed by atoms with Gasteiger partial charge in [0.05, 0.1) is 0 Å². The summed E-state index contributed by atoms with van der Waals surface area (Å²) >= 11 is 0. The number of rotatable bonds is 3. The summed E-state index contributed by atoms with van der Waals surface area (Å²) in [4.78, 5) is 33.7. The van der Waals surface area contributed by atoms with Crippen molar-refractivity contribution in [1.82, 2.24) is 14.9 Å². The molecule has 0 atom stereocenters. The molecule has 0 radical (unpaired) electrons. The van der Waals surface area contributed by atoms with Crippen LogP contribution in [0.25, 0.3) is 16.6 Å². The van der Waals surface area contributed by atoms with Gasteiger partial charge in [-0.25, -0.2) is 9.78 Å². The van der Waals surface area contributed by atoms with Gasteiger partial charge in [0.25, 0.3) is 0 Å². The van der Waals surface area contributed by atoms with E-state index >= 15 is 0 Å². The lowest BCUT2D eigenvalue weighted by Gasteiger charge is -2.24. The number of nitrogens with one attached hydrogen (secondary N) is 2. The molecule has 0 spiro atoms. The lowest BCUT2D eigenvalue weighted by molar-refractivity contribution is -0.117. The van der Waals surface area contributed by atoms with E-state index < -0.39 is 5.60 Å². The largest absolute Gasteiger partial charge is 0.444 e. The number of pyridine rings is 1. The summed E-state index contributed by atoms with van der Waals surface area (Å²) in [6.45, 7) is 6.54. The second-order valence-corrected chi connectivity index (χ2v) is 8.15.